The maximum atomic E-state index is 13.5. The van der Waals surface area contributed by atoms with E-state index < -0.39 is 20.0 Å². The number of nitrogens with one attached hydrogen (secondary N) is 1. The van der Waals surface area contributed by atoms with Crippen molar-refractivity contribution in [1.82, 2.24) is 5.32 Å². The van der Waals surface area contributed by atoms with Crippen LogP contribution in [0.2, 0.25) is 0 Å². The Balaban J connectivity index is 5.13. The van der Waals surface area contributed by atoms with E-state index in [2.05, 4.69) is 92.9 Å². The predicted octanol–water partition coefficient (Wildman–Crippen LogP) is 21.3. The van der Waals surface area contributed by atoms with E-state index >= 15 is 0 Å². The number of carbonyl (C=O) groups excluding carboxylic acids is 2. The fourth-order valence-corrected chi connectivity index (χ4v) is 10.4. The SMILES string of the molecule is CC/C=C\C/C=C\C/C=C\C/C=C\C/C=C\C/C=C\CCC(=O)NC(COP(=O)(O)OCC[N+](C)(C)C)C(/C=C\CCCCCCCCCCC)OC(=O)CCCCCCCCCCCCCCCCCCCCCCCCCCC. The lowest BCUT2D eigenvalue weighted by Crippen LogP contribution is -2.47. The second kappa shape index (κ2) is 60.3. The number of phosphoric acid groups is 1. The van der Waals surface area contributed by atoms with Crippen LogP contribution in [0.1, 0.15) is 303 Å². The molecule has 470 valence electrons. The Morgan fingerprint density at radius 1 is 0.444 bits per heavy atom. The number of likely N-dealkylation sites (N-methyl/N-ethyl adjacent to an activating group) is 1. The first-order chi connectivity index (χ1) is 39.4. The Bertz CT molecular complexity index is 1660. The molecule has 3 unspecified atom stereocenters. The summed E-state index contributed by atoms with van der Waals surface area (Å²) in [5.74, 6) is -0.596. The van der Waals surface area contributed by atoms with Crippen molar-refractivity contribution in [2.75, 3.05) is 40.9 Å². The number of esters is 1. The van der Waals surface area contributed by atoms with Crippen LogP contribution in [0.3, 0.4) is 0 Å². The van der Waals surface area contributed by atoms with Gasteiger partial charge in [-0.3, -0.25) is 18.6 Å². The lowest BCUT2D eigenvalue weighted by molar-refractivity contribution is -0.870. The van der Waals surface area contributed by atoms with Crippen LogP contribution in [0.5, 0.6) is 0 Å². The van der Waals surface area contributed by atoms with Gasteiger partial charge < -0.3 is 19.4 Å². The molecule has 0 rings (SSSR count). The highest BCUT2D eigenvalue weighted by Crippen LogP contribution is 2.43. The highest BCUT2D eigenvalue weighted by molar-refractivity contribution is 7.47. The first-order valence-corrected chi connectivity index (χ1v) is 35.4. The summed E-state index contributed by atoms with van der Waals surface area (Å²) >= 11 is 0. The van der Waals surface area contributed by atoms with Gasteiger partial charge in [0, 0.05) is 12.8 Å². The summed E-state index contributed by atoms with van der Waals surface area (Å²) < 4.78 is 30.7. The molecule has 0 saturated heterocycles. The average molecular weight is 1150 g/mol. The molecule has 0 aliphatic rings. The normalized spacial score (nSPS) is 14.1. The smallest absolute Gasteiger partial charge is 0.456 e. The largest absolute Gasteiger partial charge is 0.472 e. The number of phosphoric ester groups is 1. The zero-order chi connectivity index (χ0) is 59.3. The van der Waals surface area contributed by atoms with Crippen LogP contribution in [-0.4, -0.2) is 74.3 Å². The standard InChI is InChI=1S/C71H129N2O7P/c1-7-10-13-16-19-22-25-27-29-31-33-34-35-36-37-38-40-42-44-46-49-52-55-58-61-64-71(75)80-69(62-59-56-53-50-47-24-21-18-15-12-9-3)68(67-79-81(76,77)78-66-65-73(4,5)6)72-70(74)63-60-57-54-51-48-45-43-41-39-32-30-28-26-23-20-17-14-11-8-2/h11,14,20,23,28,30,39,41,45,48,54,57,59,62,68-69H,7-10,12-13,15-19,21-22,24-27,29,31-38,40,42-44,46-47,49-53,55-56,58,60-61,63-67H2,1-6H3,(H-,72,74,76,77)/p+1/b14-11-,23-20-,30-28-,41-39-,48-45-,57-54-,62-59-. The Hall–Kier alpha value is -2.81. The van der Waals surface area contributed by atoms with Crippen molar-refractivity contribution in [3.8, 4) is 0 Å². The van der Waals surface area contributed by atoms with Crippen LogP contribution in [0.15, 0.2) is 85.1 Å². The van der Waals surface area contributed by atoms with Crippen molar-refractivity contribution >= 4 is 19.7 Å². The van der Waals surface area contributed by atoms with Crippen LogP contribution >= 0.6 is 7.82 Å². The lowest BCUT2D eigenvalue weighted by Gasteiger charge is -2.27. The van der Waals surface area contributed by atoms with Crippen LogP contribution in [-0.2, 0) is 27.9 Å². The summed E-state index contributed by atoms with van der Waals surface area (Å²) in [6.07, 6.45) is 80.5. The predicted molar refractivity (Wildman–Crippen MR) is 351 cm³/mol. The first-order valence-electron chi connectivity index (χ1n) is 33.9. The molecule has 0 saturated carbocycles. The van der Waals surface area contributed by atoms with E-state index in [0.717, 1.165) is 77.0 Å². The molecule has 0 fully saturated rings. The summed E-state index contributed by atoms with van der Waals surface area (Å²) in [7, 11) is 1.45. The minimum atomic E-state index is -4.47. The molecular formula is C71H130N2O7P+. The second-order valence-corrected chi connectivity index (χ2v) is 25.4. The van der Waals surface area contributed by atoms with Crippen LogP contribution in [0.25, 0.3) is 0 Å². The zero-order valence-corrected chi connectivity index (χ0v) is 54.7. The third-order valence-corrected chi connectivity index (χ3v) is 15.8. The number of unbranched alkanes of at least 4 members (excludes halogenated alkanes) is 33. The molecular weight excluding hydrogens is 1020 g/mol. The van der Waals surface area contributed by atoms with Gasteiger partial charge in [-0.05, 0) is 70.3 Å². The van der Waals surface area contributed by atoms with Gasteiger partial charge >= 0.3 is 13.8 Å². The number of ether oxygens (including phenoxy) is 1. The minimum absolute atomic E-state index is 0.0247. The van der Waals surface area contributed by atoms with E-state index in [9.17, 15) is 19.0 Å². The summed E-state index contributed by atoms with van der Waals surface area (Å²) in [5.41, 5.74) is 0. The maximum absolute atomic E-state index is 13.5. The molecule has 9 nitrogen and oxygen atoms in total. The minimum Gasteiger partial charge on any atom is -0.456 e. The van der Waals surface area contributed by atoms with E-state index in [0.29, 0.717) is 17.4 Å². The van der Waals surface area contributed by atoms with Crippen LogP contribution < -0.4 is 5.32 Å². The summed E-state index contributed by atoms with van der Waals surface area (Å²) in [4.78, 5) is 37.7. The number of carbonyl (C=O) groups is 2. The number of allylic oxidation sites excluding steroid dienone is 13. The van der Waals surface area contributed by atoms with E-state index in [-0.39, 0.29) is 37.9 Å². The van der Waals surface area contributed by atoms with Gasteiger partial charge in [0.05, 0.1) is 33.8 Å². The van der Waals surface area contributed by atoms with Gasteiger partial charge in [-0.1, -0.05) is 305 Å². The fourth-order valence-electron chi connectivity index (χ4n) is 9.67. The van der Waals surface area contributed by atoms with Crippen LogP contribution in [0, 0.1) is 0 Å². The molecule has 0 bridgehead atoms. The van der Waals surface area contributed by atoms with Gasteiger partial charge in [0.25, 0.3) is 0 Å². The molecule has 81 heavy (non-hydrogen) atoms. The molecule has 0 aromatic rings. The first kappa shape index (κ1) is 78.2. The zero-order valence-electron chi connectivity index (χ0n) is 53.8. The number of quaternary nitrogens is 1. The Morgan fingerprint density at radius 2 is 0.802 bits per heavy atom. The topological polar surface area (TPSA) is 111 Å². The molecule has 0 spiro atoms. The number of hydrogen-bond donors (Lipinski definition) is 2. The number of amides is 1. The van der Waals surface area contributed by atoms with Gasteiger partial charge in [-0.2, -0.15) is 0 Å². The Labute approximate surface area is 501 Å². The molecule has 0 radical (unpaired) electrons. The highest BCUT2D eigenvalue weighted by Gasteiger charge is 2.30. The second-order valence-electron chi connectivity index (χ2n) is 24.0. The van der Waals surface area contributed by atoms with E-state index in [1.165, 1.54) is 186 Å². The summed E-state index contributed by atoms with van der Waals surface area (Å²) in [6.45, 7) is 6.86. The Morgan fingerprint density at radius 3 is 1.19 bits per heavy atom. The summed E-state index contributed by atoms with van der Waals surface area (Å²) in [5, 5.41) is 3.01. The average Bonchev–Trinajstić information content (AvgIpc) is 3.43. The summed E-state index contributed by atoms with van der Waals surface area (Å²) in [6, 6.07) is -0.891. The number of rotatable bonds is 61. The van der Waals surface area contributed by atoms with Crippen molar-refractivity contribution in [2.45, 2.75) is 315 Å². The molecule has 1 amide bonds. The Kier molecular flexibility index (Phi) is 58.2. The van der Waals surface area contributed by atoms with Crippen molar-refractivity contribution in [2.24, 2.45) is 0 Å². The molecule has 0 aromatic carbocycles. The van der Waals surface area contributed by atoms with Crippen molar-refractivity contribution in [3.05, 3.63) is 85.1 Å². The van der Waals surface area contributed by atoms with Gasteiger partial charge in [0.1, 0.15) is 19.3 Å². The number of hydrogen-bond acceptors (Lipinski definition) is 6. The fraction of sp³-hybridized carbons (Fsp3) is 0.775. The van der Waals surface area contributed by atoms with Gasteiger partial charge in [0.15, 0.2) is 0 Å². The van der Waals surface area contributed by atoms with Crippen molar-refractivity contribution in [1.29, 1.82) is 0 Å². The molecule has 2 N–H and O–H groups in total. The van der Waals surface area contributed by atoms with Gasteiger partial charge in [-0.15, -0.1) is 0 Å². The van der Waals surface area contributed by atoms with E-state index in [4.69, 9.17) is 13.8 Å². The van der Waals surface area contributed by atoms with Crippen LogP contribution in [0.4, 0.5) is 0 Å². The molecule has 0 aromatic heterocycles. The van der Waals surface area contributed by atoms with E-state index in [1.54, 1.807) is 0 Å². The molecule has 10 heteroatoms. The van der Waals surface area contributed by atoms with Gasteiger partial charge in [0.2, 0.25) is 5.91 Å². The maximum Gasteiger partial charge on any atom is 0.472 e. The number of nitrogens with zero attached hydrogens (tertiary/aromatic N) is 1. The molecule has 0 heterocycles. The quantitative estimate of drug-likeness (QED) is 0.0205. The monoisotopic (exact) mass is 1150 g/mol. The molecule has 0 aliphatic heterocycles. The third kappa shape index (κ3) is 61.6. The van der Waals surface area contributed by atoms with Gasteiger partial charge in [-0.25, -0.2) is 4.57 Å². The van der Waals surface area contributed by atoms with Crippen molar-refractivity contribution in [3.63, 3.8) is 0 Å². The molecule has 3 atom stereocenters. The third-order valence-electron chi connectivity index (χ3n) is 14.9. The highest BCUT2D eigenvalue weighted by atomic mass is 31.2. The van der Waals surface area contributed by atoms with E-state index in [1.807, 2.05) is 39.4 Å². The lowest BCUT2D eigenvalue weighted by atomic mass is 10.0. The van der Waals surface area contributed by atoms with Crippen molar-refractivity contribution < 1.29 is 37.3 Å². The molecule has 0 aliphatic carbocycles.